The van der Waals surface area contributed by atoms with Gasteiger partial charge in [0.15, 0.2) is 6.61 Å². The van der Waals surface area contributed by atoms with E-state index in [0.29, 0.717) is 12.0 Å². The highest BCUT2D eigenvalue weighted by Gasteiger charge is 2.29. The fourth-order valence-electron chi connectivity index (χ4n) is 2.54. The Hall–Kier alpha value is -2.15. The Morgan fingerprint density at radius 2 is 2.00 bits per heavy atom. The summed E-state index contributed by atoms with van der Waals surface area (Å²) in [6, 6.07) is 14.2. The summed E-state index contributed by atoms with van der Waals surface area (Å²) in [4.78, 5) is 13.4. The molecule has 1 atom stereocenters. The Kier molecular flexibility index (Phi) is 5.22. The normalized spacial score (nSPS) is 16.4. The average Bonchev–Trinajstić information content (AvgIpc) is 3.02. The van der Waals surface area contributed by atoms with Gasteiger partial charge in [0.2, 0.25) is 5.91 Å². The van der Waals surface area contributed by atoms with E-state index in [1.165, 1.54) is 23.9 Å². The molecule has 1 aliphatic rings. The van der Waals surface area contributed by atoms with Crippen LogP contribution in [0.5, 0.6) is 5.75 Å². The first-order valence-electron chi connectivity index (χ1n) is 7.71. The number of halogens is 3. The van der Waals surface area contributed by atoms with Gasteiger partial charge in [-0.15, -0.1) is 11.8 Å². The minimum absolute atomic E-state index is 0.0807. The second-order valence-electron chi connectivity index (χ2n) is 5.69. The topological polar surface area (TPSA) is 38.3 Å². The van der Waals surface area contributed by atoms with Gasteiger partial charge in [0.1, 0.15) is 5.75 Å². The Bertz CT molecular complexity index is 739. The predicted molar refractivity (Wildman–Crippen MR) is 89.6 cm³/mol. The summed E-state index contributed by atoms with van der Waals surface area (Å²) in [6.07, 6.45) is -3.69. The van der Waals surface area contributed by atoms with Crippen LogP contribution in [0.4, 0.5) is 13.2 Å². The quantitative estimate of drug-likeness (QED) is 0.869. The number of fused-ring (bicyclic) bond motifs is 1. The monoisotopic (exact) mass is 367 g/mol. The van der Waals surface area contributed by atoms with Crippen molar-refractivity contribution in [2.75, 3.05) is 6.61 Å². The SMILES string of the molecule is O=C(NCc1cccc(OCC(F)(F)F)c1)C1Cc2ccccc2S1. The fourth-order valence-corrected chi connectivity index (χ4v) is 3.76. The summed E-state index contributed by atoms with van der Waals surface area (Å²) in [7, 11) is 0. The molecule has 1 aliphatic heterocycles. The zero-order valence-electron chi connectivity index (χ0n) is 13.2. The van der Waals surface area contributed by atoms with Crippen LogP contribution in [-0.4, -0.2) is 23.9 Å². The lowest BCUT2D eigenvalue weighted by atomic mass is 10.1. The number of carbonyl (C=O) groups excluding carboxylic acids is 1. The van der Waals surface area contributed by atoms with E-state index in [-0.39, 0.29) is 23.5 Å². The highest BCUT2D eigenvalue weighted by molar-refractivity contribution is 8.01. The second-order valence-corrected chi connectivity index (χ2v) is 6.93. The van der Waals surface area contributed by atoms with Gasteiger partial charge in [0.25, 0.3) is 0 Å². The Labute approximate surface area is 147 Å². The van der Waals surface area contributed by atoms with Crippen molar-refractivity contribution in [3.63, 3.8) is 0 Å². The minimum atomic E-state index is -4.38. The van der Waals surface area contributed by atoms with Crippen LogP contribution >= 0.6 is 11.8 Å². The molecule has 0 saturated carbocycles. The van der Waals surface area contributed by atoms with Crippen molar-refractivity contribution in [1.29, 1.82) is 0 Å². The zero-order chi connectivity index (χ0) is 17.9. The molecule has 1 heterocycles. The molecule has 2 aromatic carbocycles. The highest BCUT2D eigenvalue weighted by Crippen LogP contribution is 2.36. The predicted octanol–water partition coefficient (Wildman–Crippen LogP) is 3.96. The maximum atomic E-state index is 12.3. The van der Waals surface area contributed by atoms with Gasteiger partial charge >= 0.3 is 6.18 Å². The van der Waals surface area contributed by atoms with E-state index in [2.05, 4.69) is 5.32 Å². The van der Waals surface area contributed by atoms with Crippen molar-refractivity contribution in [2.45, 2.75) is 29.3 Å². The third-order valence-corrected chi connectivity index (χ3v) is 5.02. The number of nitrogens with one attached hydrogen (secondary N) is 1. The standard InChI is InChI=1S/C18H16F3NO2S/c19-18(20,21)11-24-14-6-3-4-12(8-14)10-22-17(23)16-9-13-5-1-2-7-15(13)25-16/h1-8,16H,9-11H2,(H,22,23). The maximum Gasteiger partial charge on any atom is 0.422 e. The van der Waals surface area contributed by atoms with Gasteiger partial charge in [0, 0.05) is 11.4 Å². The van der Waals surface area contributed by atoms with E-state index in [1.807, 2.05) is 24.3 Å². The van der Waals surface area contributed by atoms with E-state index >= 15 is 0 Å². The molecule has 3 rings (SSSR count). The summed E-state index contributed by atoms with van der Waals surface area (Å²) in [5.41, 5.74) is 1.85. The number of hydrogen-bond acceptors (Lipinski definition) is 3. The van der Waals surface area contributed by atoms with Crippen LogP contribution in [-0.2, 0) is 17.8 Å². The molecule has 132 valence electrons. The molecule has 1 unspecified atom stereocenters. The van der Waals surface area contributed by atoms with Gasteiger partial charge in [-0.3, -0.25) is 4.79 Å². The molecule has 25 heavy (non-hydrogen) atoms. The van der Waals surface area contributed by atoms with Crippen LogP contribution < -0.4 is 10.1 Å². The lowest BCUT2D eigenvalue weighted by Crippen LogP contribution is -2.32. The summed E-state index contributed by atoms with van der Waals surface area (Å²) in [5, 5.41) is 2.66. The summed E-state index contributed by atoms with van der Waals surface area (Å²) >= 11 is 1.53. The zero-order valence-corrected chi connectivity index (χ0v) is 14.0. The van der Waals surface area contributed by atoms with Gasteiger partial charge in [-0.2, -0.15) is 13.2 Å². The van der Waals surface area contributed by atoms with Crippen molar-refractivity contribution in [2.24, 2.45) is 0 Å². The number of thioether (sulfide) groups is 1. The average molecular weight is 367 g/mol. The van der Waals surface area contributed by atoms with Gasteiger partial charge in [0.05, 0.1) is 5.25 Å². The van der Waals surface area contributed by atoms with Gasteiger partial charge in [-0.1, -0.05) is 30.3 Å². The van der Waals surface area contributed by atoms with Gasteiger partial charge < -0.3 is 10.1 Å². The molecule has 3 nitrogen and oxygen atoms in total. The van der Waals surface area contributed by atoms with Gasteiger partial charge in [-0.05, 0) is 35.7 Å². The molecule has 0 spiro atoms. The van der Waals surface area contributed by atoms with E-state index in [1.54, 1.807) is 12.1 Å². The number of amides is 1. The van der Waals surface area contributed by atoms with E-state index in [9.17, 15) is 18.0 Å². The van der Waals surface area contributed by atoms with Crippen LogP contribution in [0.25, 0.3) is 0 Å². The molecule has 7 heteroatoms. The third-order valence-electron chi connectivity index (χ3n) is 3.71. The number of ether oxygens (including phenoxy) is 1. The van der Waals surface area contributed by atoms with Crippen molar-refractivity contribution in [3.8, 4) is 5.75 Å². The largest absolute Gasteiger partial charge is 0.484 e. The number of hydrogen-bond donors (Lipinski definition) is 1. The first-order valence-corrected chi connectivity index (χ1v) is 8.59. The van der Waals surface area contributed by atoms with Crippen LogP contribution in [0.2, 0.25) is 0 Å². The number of alkyl halides is 3. The molecule has 0 fully saturated rings. The first-order chi connectivity index (χ1) is 11.9. The van der Waals surface area contributed by atoms with E-state index < -0.39 is 12.8 Å². The Balaban J connectivity index is 1.53. The highest BCUT2D eigenvalue weighted by atomic mass is 32.2. The molecule has 0 saturated heterocycles. The smallest absolute Gasteiger partial charge is 0.422 e. The van der Waals surface area contributed by atoms with Crippen LogP contribution in [0.1, 0.15) is 11.1 Å². The summed E-state index contributed by atoms with van der Waals surface area (Å²) in [5.74, 6) is 0.0505. The first kappa shape index (κ1) is 17.7. The Morgan fingerprint density at radius 1 is 1.20 bits per heavy atom. The minimum Gasteiger partial charge on any atom is -0.484 e. The van der Waals surface area contributed by atoms with Crippen molar-refractivity contribution in [1.82, 2.24) is 5.32 Å². The summed E-state index contributed by atoms with van der Waals surface area (Å²) in [6.45, 7) is -1.09. The maximum absolute atomic E-state index is 12.3. The van der Waals surface area contributed by atoms with Gasteiger partial charge in [-0.25, -0.2) is 0 Å². The Morgan fingerprint density at radius 3 is 2.76 bits per heavy atom. The molecule has 0 radical (unpaired) electrons. The van der Waals surface area contributed by atoms with Crippen molar-refractivity contribution >= 4 is 17.7 Å². The third kappa shape index (κ3) is 4.92. The molecule has 0 bridgehead atoms. The molecular formula is C18H16F3NO2S. The molecule has 0 aromatic heterocycles. The van der Waals surface area contributed by atoms with Crippen molar-refractivity contribution < 1.29 is 22.7 Å². The van der Waals surface area contributed by atoms with Crippen LogP contribution in [0.3, 0.4) is 0 Å². The number of rotatable bonds is 5. The molecule has 1 N–H and O–H groups in total. The lowest BCUT2D eigenvalue weighted by molar-refractivity contribution is -0.153. The van der Waals surface area contributed by atoms with E-state index in [0.717, 1.165) is 10.5 Å². The second kappa shape index (κ2) is 7.39. The fraction of sp³-hybridized carbons (Fsp3) is 0.278. The molecule has 1 amide bonds. The van der Waals surface area contributed by atoms with Crippen LogP contribution in [0.15, 0.2) is 53.4 Å². The summed E-state index contributed by atoms with van der Waals surface area (Å²) < 4.78 is 41.3. The number of carbonyl (C=O) groups is 1. The van der Waals surface area contributed by atoms with Crippen LogP contribution in [0, 0.1) is 0 Å². The molecule has 0 aliphatic carbocycles. The van der Waals surface area contributed by atoms with Crippen molar-refractivity contribution in [3.05, 3.63) is 59.7 Å². The molecular weight excluding hydrogens is 351 g/mol. The van der Waals surface area contributed by atoms with E-state index in [4.69, 9.17) is 4.74 Å². The lowest BCUT2D eigenvalue weighted by Gasteiger charge is -2.12. The molecule has 2 aromatic rings. The number of benzene rings is 2.